The zero-order valence-corrected chi connectivity index (χ0v) is 15.2. The number of allylic oxidation sites excluding steroid dienone is 1. The van der Waals surface area contributed by atoms with Crippen LogP contribution in [0, 0.1) is 6.92 Å². The molecule has 2 aromatic rings. The van der Waals surface area contributed by atoms with Gasteiger partial charge in [0.05, 0.1) is 26.9 Å². The number of ketones is 1. The lowest BCUT2D eigenvalue weighted by Gasteiger charge is -2.12. The third kappa shape index (κ3) is 4.06. The summed E-state index contributed by atoms with van der Waals surface area (Å²) in [5.74, 6) is 0.955. The summed E-state index contributed by atoms with van der Waals surface area (Å²) in [7, 11) is 4.55. The summed E-state index contributed by atoms with van der Waals surface area (Å²) in [6, 6.07) is 6.34. The molecule has 0 saturated heterocycles. The smallest absolute Gasteiger partial charge is 0.203 e. The van der Waals surface area contributed by atoms with E-state index < -0.39 is 0 Å². The largest absolute Gasteiger partial charge is 0.507 e. The van der Waals surface area contributed by atoms with Gasteiger partial charge in [-0.2, -0.15) is 0 Å². The Morgan fingerprint density at radius 2 is 1.64 bits per heavy atom. The molecule has 0 atom stereocenters. The first-order valence-electron chi connectivity index (χ1n) is 7.42. The van der Waals surface area contributed by atoms with Crippen LogP contribution in [0.15, 0.2) is 30.3 Å². The van der Waals surface area contributed by atoms with E-state index in [1.165, 1.54) is 39.5 Å². The lowest BCUT2D eigenvalue weighted by atomic mass is 10.1. The van der Waals surface area contributed by atoms with Gasteiger partial charge in [0.2, 0.25) is 5.75 Å². The van der Waals surface area contributed by atoms with Crippen molar-refractivity contribution in [3.63, 3.8) is 0 Å². The summed E-state index contributed by atoms with van der Waals surface area (Å²) in [6.07, 6.45) is 2.95. The van der Waals surface area contributed by atoms with E-state index in [1.807, 2.05) is 0 Å². The van der Waals surface area contributed by atoms with Crippen molar-refractivity contribution >= 4 is 23.5 Å². The van der Waals surface area contributed by atoms with Crippen LogP contribution < -0.4 is 14.2 Å². The Kier molecular flexibility index (Phi) is 5.93. The molecule has 5 nitrogen and oxygen atoms in total. The van der Waals surface area contributed by atoms with E-state index in [4.69, 9.17) is 25.8 Å². The normalized spacial score (nSPS) is 10.8. The number of phenolic OH excluding ortho intramolecular Hbond substituents is 1. The standard InChI is InChI=1S/C19H19ClO5/c1-11-7-16(22)13(10-14(11)20)15(21)6-5-12-8-17(23-2)19(25-4)18(9-12)24-3/h5-10,22H,1-4H3/b6-5+. The van der Waals surface area contributed by atoms with E-state index >= 15 is 0 Å². The van der Waals surface area contributed by atoms with E-state index in [9.17, 15) is 9.90 Å². The average Bonchev–Trinajstić information content (AvgIpc) is 2.61. The van der Waals surface area contributed by atoms with Gasteiger partial charge in [-0.15, -0.1) is 0 Å². The molecule has 0 amide bonds. The molecule has 0 unspecified atom stereocenters. The van der Waals surface area contributed by atoms with Crippen LogP contribution in [0.5, 0.6) is 23.0 Å². The number of rotatable bonds is 6. The fourth-order valence-electron chi connectivity index (χ4n) is 2.32. The minimum absolute atomic E-state index is 0.110. The third-order valence-electron chi connectivity index (χ3n) is 3.66. The number of aromatic hydroxyl groups is 1. The van der Waals surface area contributed by atoms with Crippen LogP contribution in [0.25, 0.3) is 6.08 Å². The average molecular weight is 363 g/mol. The summed E-state index contributed by atoms with van der Waals surface area (Å²) >= 11 is 6.03. The number of benzene rings is 2. The molecule has 0 aliphatic heterocycles. The molecule has 0 spiro atoms. The fraction of sp³-hybridized carbons (Fsp3) is 0.211. The van der Waals surface area contributed by atoms with Crippen molar-refractivity contribution in [3.8, 4) is 23.0 Å². The monoisotopic (exact) mass is 362 g/mol. The Hall–Kier alpha value is -2.66. The third-order valence-corrected chi connectivity index (χ3v) is 4.06. The lowest BCUT2D eigenvalue weighted by Crippen LogP contribution is -1.97. The lowest BCUT2D eigenvalue weighted by molar-refractivity contribution is 0.104. The van der Waals surface area contributed by atoms with E-state index in [-0.39, 0.29) is 17.1 Å². The maximum atomic E-state index is 12.3. The molecule has 2 aromatic carbocycles. The van der Waals surface area contributed by atoms with Crippen LogP contribution in [-0.4, -0.2) is 32.2 Å². The SMILES string of the molecule is COc1cc(/C=C/C(=O)c2cc(Cl)c(C)cc2O)cc(OC)c1OC. The van der Waals surface area contributed by atoms with Crippen molar-refractivity contribution in [1.29, 1.82) is 0 Å². The molecule has 0 aliphatic rings. The number of phenols is 1. The fourth-order valence-corrected chi connectivity index (χ4v) is 2.49. The van der Waals surface area contributed by atoms with Crippen LogP contribution in [-0.2, 0) is 0 Å². The minimum atomic E-state index is -0.367. The quantitative estimate of drug-likeness (QED) is 0.614. The summed E-state index contributed by atoms with van der Waals surface area (Å²) in [5, 5.41) is 10.4. The van der Waals surface area contributed by atoms with Gasteiger partial charge in [-0.25, -0.2) is 0 Å². The molecule has 132 valence electrons. The number of ether oxygens (including phenoxy) is 3. The summed E-state index contributed by atoms with van der Waals surface area (Å²) in [5.41, 5.74) is 1.52. The molecule has 0 bridgehead atoms. The number of carbonyl (C=O) groups excluding carboxylic acids is 1. The van der Waals surface area contributed by atoms with Crippen LogP contribution >= 0.6 is 11.6 Å². The Balaban J connectivity index is 2.36. The molecule has 0 heterocycles. The van der Waals surface area contributed by atoms with Crippen LogP contribution in [0.2, 0.25) is 5.02 Å². The van der Waals surface area contributed by atoms with Crippen molar-refractivity contribution in [3.05, 3.63) is 52.1 Å². The van der Waals surface area contributed by atoms with Gasteiger partial charge in [0.1, 0.15) is 5.75 Å². The topological polar surface area (TPSA) is 65.0 Å². The van der Waals surface area contributed by atoms with Crippen molar-refractivity contribution in [2.24, 2.45) is 0 Å². The number of halogens is 1. The number of carbonyl (C=O) groups is 1. The Bertz CT molecular complexity index is 802. The molecule has 6 heteroatoms. The first-order valence-corrected chi connectivity index (χ1v) is 7.80. The van der Waals surface area contributed by atoms with Gasteiger partial charge in [-0.1, -0.05) is 17.7 Å². The van der Waals surface area contributed by atoms with E-state index in [1.54, 1.807) is 25.1 Å². The van der Waals surface area contributed by atoms with Gasteiger partial charge in [0.25, 0.3) is 0 Å². The van der Waals surface area contributed by atoms with E-state index in [0.29, 0.717) is 33.4 Å². The molecule has 2 rings (SSSR count). The van der Waals surface area contributed by atoms with Gasteiger partial charge in [0, 0.05) is 5.02 Å². The zero-order valence-electron chi connectivity index (χ0n) is 14.4. The van der Waals surface area contributed by atoms with Crippen molar-refractivity contribution in [1.82, 2.24) is 0 Å². The highest BCUT2D eigenvalue weighted by molar-refractivity contribution is 6.32. The Morgan fingerprint density at radius 3 is 2.16 bits per heavy atom. The van der Waals surface area contributed by atoms with Crippen LogP contribution in [0.4, 0.5) is 0 Å². The highest BCUT2D eigenvalue weighted by Gasteiger charge is 2.14. The van der Waals surface area contributed by atoms with Crippen LogP contribution in [0.1, 0.15) is 21.5 Å². The maximum absolute atomic E-state index is 12.3. The van der Waals surface area contributed by atoms with E-state index in [0.717, 1.165) is 0 Å². The summed E-state index contributed by atoms with van der Waals surface area (Å²) in [6.45, 7) is 1.75. The molecule has 0 radical (unpaired) electrons. The molecule has 0 aromatic heterocycles. The number of aryl methyl sites for hydroxylation is 1. The highest BCUT2D eigenvalue weighted by atomic mass is 35.5. The Morgan fingerprint density at radius 1 is 1.04 bits per heavy atom. The second-order valence-electron chi connectivity index (χ2n) is 5.27. The van der Waals surface area contributed by atoms with Gasteiger partial charge in [-0.05, 0) is 48.4 Å². The first kappa shape index (κ1) is 18.7. The minimum Gasteiger partial charge on any atom is -0.507 e. The number of hydrogen-bond acceptors (Lipinski definition) is 5. The molecular formula is C19H19ClO5. The predicted molar refractivity (Wildman–Crippen MR) is 97.3 cm³/mol. The van der Waals surface area contributed by atoms with Crippen molar-refractivity contribution in [2.75, 3.05) is 21.3 Å². The predicted octanol–water partition coefficient (Wildman–Crippen LogP) is 4.28. The molecular weight excluding hydrogens is 344 g/mol. The van der Waals surface area contributed by atoms with Gasteiger partial charge >= 0.3 is 0 Å². The van der Waals surface area contributed by atoms with Crippen molar-refractivity contribution in [2.45, 2.75) is 6.92 Å². The van der Waals surface area contributed by atoms with Crippen molar-refractivity contribution < 1.29 is 24.1 Å². The van der Waals surface area contributed by atoms with Crippen LogP contribution in [0.3, 0.4) is 0 Å². The van der Waals surface area contributed by atoms with Gasteiger partial charge < -0.3 is 19.3 Å². The highest BCUT2D eigenvalue weighted by Crippen LogP contribution is 2.38. The number of methoxy groups -OCH3 is 3. The summed E-state index contributed by atoms with van der Waals surface area (Å²) in [4.78, 5) is 12.3. The van der Waals surface area contributed by atoms with Gasteiger partial charge in [0.15, 0.2) is 17.3 Å². The van der Waals surface area contributed by atoms with Gasteiger partial charge in [-0.3, -0.25) is 4.79 Å². The zero-order chi connectivity index (χ0) is 18.6. The second-order valence-corrected chi connectivity index (χ2v) is 5.68. The summed E-state index contributed by atoms with van der Waals surface area (Å²) < 4.78 is 15.8. The number of hydrogen-bond donors (Lipinski definition) is 1. The van der Waals surface area contributed by atoms with E-state index in [2.05, 4.69) is 0 Å². The molecule has 0 saturated carbocycles. The molecule has 0 aliphatic carbocycles. The second kappa shape index (κ2) is 7.94. The molecule has 0 fully saturated rings. The Labute approximate surface area is 151 Å². The molecule has 1 N–H and O–H groups in total. The molecule has 25 heavy (non-hydrogen) atoms. The first-order chi connectivity index (χ1) is 11.9. The maximum Gasteiger partial charge on any atom is 0.203 e.